The van der Waals surface area contributed by atoms with Crippen LogP contribution in [0.1, 0.15) is 5.56 Å². The third kappa shape index (κ3) is 7.72. The van der Waals surface area contributed by atoms with E-state index in [0.717, 1.165) is 11.8 Å². The van der Waals surface area contributed by atoms with Crippen molar-refractivity contribution < 1.29 is 17.9 Å². The zero-order valence-corrected chi connectivity index (χ0v) is 12.1. The van der Waals surface area contributed by atoms with Crippen LogP contribution in [0, 0.1) is 0 Å². The van der Waals surface area contributed by atoms with E-state index < -0.39 is 15.9 Å². The lowest BCUT2D eigenvalue weighted by molar-refractivity contribution is -0.119. The number of carbonyl (C=O) groups excluding carboxylic acids is 1. The zero-order chi connectivity index (χ0) is 15.0. The van der Waals surface area contributed by atoms with Crippen molar-refractivity contribution in [3.8, 4) is 5.75 Å². The van der Waals surface area contributed by atoms with Crippen molar-refractivity contribution >= 4 is 15.9 Å². The molecule has 0 aliphatic rings. The molecule has 0 aliphatic carbocycles. The van der Waals surface area contributed by atoms with E-state index in [1.54, 1.807) is 12.1 Å². The number of hydrogen-bond donors (Lipinski definition) is 3. The second kappa shape index (κ2) is 7.83. The van der Waals surface area contributed by atoms with Gasteiger partial charge in [0.15, 0.2) is 6.61 Å². The minimum atomic E-state index is -3.13. The SMILES string of the molecule is CS(=O)(=O)NCCNCc1ccc(OCC(N)=O)cc1. The number of sulfonamides is 1. The van der Waals surface area contributed by atoms with Crippen LogP contribution in [0.5, 0.6) is 5.75 Å². The van der Waals surface area contributed by atoms with Gasteiger partial charge in [-0.3, -0.25) is 4.79 Å². The first-order chi connectivity index (χ1) is 9.37. The van der Waals surface area contributed by atoms with Gasteiger partial charge in [-0.05, 0) is 17.7 Å². The van der Waals surface area contributed by atoms with E-state index in [4.69, 9.17) is 10.5 Å². The van der Waals surface area contributed by atoms with Crippen LogP contribution in [0.2, 0.25) is 0 Å². The van der Waals surface area contributed by atoms with Gasteiger partial charge in [0.1, 0.15) is 5.75 Å². The van der Waals surface area contributed by atoms with E-state index in [9.17, 15) is 13.2 Å². The summed E-state index contributed by atoms with van der Waals surface area (Å²) in [6, 6.07) is 7.20. The molecule has 0 aromatic heterocycles. The van der Waals surface area contributed by atoms with Crippen molar-refractivity contribution in [1.82, 2.24) is 10.0 Å². The molecule has 20 heavy (non-hydrogen) atoms. The molecule has 7 nitrogen and oxygen atoms in total. The van der Waals surface area contributed by atoms with Gasteiger partial charge < -0.3 is 15.8 Å². The number of primary amides is 1. The standard InChI is InChI=1S/C12H19N3O4S/c1-20(17,18)15-7-6-14-8-10-2-4-11(5-3-10)19-9-12(13)16/h2-5,14-15H,6-9H2,1H3,(H2,13,16). The first-order valence-corrected chi connectivity index (χ1v) is 7.91. The first kappa shape index (κ1) is 16.4. The van der Waals surface area contributed by atoms with Crippen molar-refractivity contribution in [3.63, 3.8) is 0 Å². The van der Waals surface area contributed by atoms with Gasteiger partial charge >= 0.3 is 0 Å². The molecule has 1 amide bonds. The van der Waals surface area contributed by atoms with Gasteiger partial charge in [0.2, 0.25) is 10.0 Å². The number of carbonyl (C=O) groups is 1. The van der Waals surface area contributed by atoms with E-state index in [0.29, 0.717) is 25.4 Å². The Morgan fingerprint density at radius 2 is 1.90 bits per heavy atom. The molecule has 0 saturated heterocycles. The quantitative estimate of drug-likeness (QED) is 0.517. The van der Waals surface area contributed by atoms with Crippen molar-refractivity contribution in [2.24, 2.45) is 5.73 Å². The number of hydrogen-bond acceptors (Lipinski definition) is 5. The summed E-state index contributed by atoms with van der Waals surface area (Å²) in [6.45, 7) is 1.35. The molecule has 4 N–H and O–H groups in total. The summed E-state index contributed by atoms with van der Waals surface area (Å²) in [5, 5.41) is 3.10. The Balaban J connectivity index is 2.26. The van der Waals surface area contributed by atoms with Crippen LogP contribution in [0.3, 0.4) is 0 Å². The third-order valence-electron chi connectivity index (χ3n) is 2.30. The molecule has 0 unspecified atom stereocenters. The van der Waals surface area contributed by atoms with Crippen LogP contribution in [0.25, 0.3) is 0 Å². The molecule has 0 saturated carbocycles. The third-order valence-corrected chi connectivity index (χ3v) is 3.03. The van der Waals surface area contributed by atoms with Gasteiger partial charge in [0.05, 0.1) is 6.26 Å². The molecular formula is C12H19N3O4S. The first-order valence-electron chi connectivity index (χ1n) is 6.02. The lowest BCUT2D eigenvalue weighted by Gasteiger charge is -2.07. The summed E-state index contributed by atoms with van der Waals surface area (Å²) in [4.78, 5) is 10.6. The maximum Gasteiger partial charge on any atom is 0.255 e. The largest absolute Gasteiger partial charge is 0.484 e. The summed E-state index contributed by atoms with van der Waals surface area (Å²) in [5.41, 5.74) is 6.00. The zero-order valence-electron chi connectivity index (χ0n) is 11.3. The fourth-order valence-electron chi connectivity index (χ4n) is 1.42. The molecule has 0 atom stereocenters. The van der Waals surface area contributed by atoms with E-state index in [1.807, 2.05) is 12.1 Å². The Labute approximate surface area is 118 Å². The number of ether oxygens (including phenoxy) is 1. The summed E-state index contributed by atoms with van der Waals surface area (Å²) < 4.78 is 29.2. The molecular weight excluding hydrogens is 282 g/mol. The van der Waals surface area contributed by atoms with Crippen molar-refractivity contribution in [1.29, 1.82) is 0 Å². The average molecular weight is 301 g/mol. The fraction of sp³-hybridized carbons (Fsp3) is 0.417. The van der Waals surface area contributed by atoms with Gasteiger partial charge in [-0.1, -0.05) is 12.1 Å². The van der Waals surface area contributed by atoms with Gasteiger partial charge in [-0.25, -0.2) is 13.1 Å². The van der Waals surface area contributed by atoms with Crippen LogP contribution in [-0.4, -0.2) is 40.3 Å². The Morgan fingerprint density at radius 1 is 1.25 bits per heavy atom. The molecule has 0 fully saturated rings. The highest BCUT2D eigenvalue weighted by molar-refractivity contribution is 7.88. The number of nitrogens with two attached hydrogens (primary N) is 1. The Bertz CT molecular complexity index is 528. The number of rotatable bonds is 9. The van der Waals surface area contributed by atoms with Crippen molar-refractivity contribution in [2.75, 3.05) is 26.0 Å². The summed E-state index contributed by atoms with van der Waals surface area (Å²) in [6.07, 6.45) is 1.12. The maximum atomic E-state index is 10.8. The summed E-state index contributed by atoms with van der Waals surface area (Å²) in [7, 11) is -3.13. The van der Waals surface area contributed by atoms with E-state index in [2.05, 4.69) is 10.0 Å². The molecule has 1 aromatic rings. The second-order valence-electron chi connectivity index (χ2n) is 4.24. The summed E-state index contributed by atoms with van der Waals surface area (Å²) in [5.74, 6) is 0.0559. The van der Waals surface area contributed by atoms with Crippen LogP contribution in [0.4, 0.5) is 0 Å². The summed E-state index contributed by atoms with van der Waals surface area (Å²) >= 11 is 0. The topological polar surface area (TPSA) is 111 Å². The highest BCUT2D eigenvalue weighted by Crippen LogP contribution is 2.11. The van der Waals surface area contributed by atoms with E-state index in [-0.39, 0.29) is 6.61 Å². The molecule has 0 heterocycles. The molecule has 0 aliphatic heterocycles. The van der Waals surface area contributed by atoms with Gasteiger partial charge in [0, 0.05) is 19.6 Å². The average Bonchev–Trinajstić information content (AvgIpc) is 2.36. The second-order valence-corrected chi connectivity index (χ2v) is 6.08. The predicted octanol–water partition coefficient (Wildman–Crippen LogP) is -0.810. The number of benzene rings is 1. The van der Waals surface area contributed by atoms with Gasteiger partial charge in [-0.2, -0.15) is 0 Å². The van der Waals surface area contributed by atoms with E-state index >= 15 is 0 Å². The highest BCUT2D eigenvalue weighted by atomic mass is 32.2. The molecule has 112 valence electrons. The Kier molecular flexibility index (Phi) is 6.43. The minimum Gasteiger partial charge on any atom is -0.484 e. The lowest BCUT2D eigenvalue weighted by Crippen LogP contribution is -2.30. The molecule has 1 aromatic carbocycles. The molecule has 1 rings (SSSR count). The smallest absolute Gasteiger partial charge is 0.255 e. The monoisotopic (exact) mass is 301 g/mol. The van der Waals surface area contributed by atoms with Crippen LogP contribution >= 0.6 is 0 Å². The molecule has 0 bridgehead atoms. The minimum absolute atomic E-state index is 0.144. The van der Waals surface area contributed by atoms with Crippen LogP contribution in [0.15, 0.2) is 24.3 Å². The van der Waals surface area contributed by atoms with Gasteiger partial charge in [0.25, 0.3) is 5.91 Å². The number of amides is 1. The van der Waals surface area contributed by atoms with Crippen LogP contribution in [-0.2, 0) is 21.4 Å². The molecule has 0 spiro atoms. The van der Waals surface area contributed by atoms with Gasteiger partial charge in [-0.15, -0.1) is 0 Å². The fourth-order valence-corrected chi connectivity index (χ4v) is 1.89. The maximum absolute atomic E-state index is 10.8. The van der Waals surface area contributed by atoms with Crippen molar-refractivity contribution in [3.05, 3.63) is 29.8 Å². The number of nitrogens with one attached hydrogen (secondary N) is 2. The highest BCUT2D eigenvalue weighted by Gasteiger charge is 2.00. The van der Waals surface area contributed by atoms with E-state index in [1.165, 1.54) is 0 Å². The molecule has 8 heteroatoms. The Hall–Kier alpha value is -1.64. The predicted molar refractivity (Wildman–Crippen MR) is 75.7 cm³/mol. The molecule has 0 radical (unpaired) electrons. The van der Waals surface area contributed by atoms with Crippen LogP contribution < -0.4 is 20.5 Å². The Morgan fingerprint density at radius 3 is 2.45 bits per heavy atom. The lowest BCUT2D eigenvalue weighted by atomic mass is 10.2. The van der Waals surface area contributed by atoms with Crippen molar-refractivity contribution in [2.45, 2.75) is 6.54 Å². The normalized spacial score (nSPS) is 11.2.